The lowest BCUT2D eigenvalue weighted by Crippen LogP contribution is -3.06. The van der Waals surface area contributed by atoms with Crippen molar-refractivity contribution in [1.29, 1.82) is 0 Å². The summed E-state index contributed by atoms with van der Waals surface area (Å²) in [7, 11) is 13.2. The molecular formula is C53H110ClIN6O10. The van der Waals surface area contributed by atoms with Gasteiger partial charge in [-0.15, -0.1) is 0 Å². The third kappa shape index (κ3) is 62.5. The second kappa shape index (κ2) is 57.5. The highest BCUT2D eigenvalue weighted by molar-refractivity contribution is 5.91. The molecule has 0 spiro atoms. The highest BCUT2D eigenvalue weighted by Crippen LogP contribution is 2.14. The van der Waals surface area contributed by atoms with Gasteiger partial charge in [-0.05, 0) is 12.8 Å². The van der Waals surface area contributed by atoms with Crippen LogP contribution >= 0.6 is 0 Å². The number of methoxy groups -OCH3 is 2. The SMILES string of the molecule is CCCCCCCCCCCCCCCCOCC(COC(=O)NC(=O)NCC[N+](C)(C)C)OC.CCCCCCCCCCCCCCCCOCC(COC(=O)NC(=O)NCC[NH+](C)C)OC.[Cl-].[I-]. The predicted octanol–water partition coefficient (Wildman–Crippen LogP) is 3.73. The highest BCUT2D eigenvalue weighted by atomic mass is 127. The molecule has 0 aromatic heterocycles. The number of likely N-dealkylation sites (N-methyl/N-ethyl adjacent to an activating group) is 2. The molecule has 0 heterocycles. The van der Waals surface area contributed by atoms with E-state index < -0.39 is 24.2 Å². The van der Waals surface area contributed by atoms with Crippen molar-refractivity contribution in [3.05, 3.63) is 0 Å². The molecule has 2 atom stereocenters. The molecule has 18 heteroatoms. The predicted molar refractivity (Wildman–Crippen MR) is 280 cm³/mol. The number of halogens is 2. The van der Waals surface area contributed by atoms with Crippen molar-refractivity contribution in [1.82, 2.24) is 21.3 Å². The average Bonchev–Trinajstić information content (AvgIpc) is 3.30. The van der Waals surface area contributed by atoms with Crippen LogP contribution < -0.4 is 62.6 Å². The first-order chi connectivity index (χ1) is 33.3. The second-order valence-electron chi connectivity index (χ2n) is 20.0. The molecule has 0 aliphatic rings. The molecule has 0 aromatic carbocycles. The lowest BCUT2D eigenvalue weighted by molar-refractivity contribution is -0.869. The molecule has 0 radical (unpaired) electrons. The Morgan fingerprint density at radius 2 is 0.761 bits per heavy atom. The third-order valence-corrected chi connectivity index (χ3v) is 11.8. The maximum Gasteiger partial charge on any atom is 0.415 e. The lowest BCUT2D eigenvalue weighted by Gasteiger charge is -2.23. The zero-order valence-electron chi connectivity index (χ0n) is 46.8. The Kier molecular flexibility index (Phi) is 61.4. The van der Waals surface area contributed by atoms with E-state index in [0.29, 0.717) is 39.5 Å². The number of unbranched alkanes of at least 4 members (excludes halogenated alkanes) is 26. The van der Waals surface area contributed by atoms with Crippen LogP contribution in [0.3, 0.4) is 0 Å². The van der Waals surface area contributed by atoms with Gasteiger partial charge in [0.05, 0.1) is 74.6 Å². The van der Waals surface area contributed by atoms with Crippen LogP contribution in [-0.2, 0) is 28.4 Å². The number of alkyl carbamates (subject to hydrolysis) is 2. The summed E-state index contributed by atoms with van der Waals surface area (Å²) in [6.07, 6.45) is 35.0. The largest absolute Gasteiger partial charge is 1.00 e. The van der Waals surface area contributed by atoms with E-state index in [1.807, 2.05) is 35.2 Å². The van der Waals surface area contributed by atoms with Gasteiger partial charge in [-0.3, -0.25) is 0 Å². The molecule has 0 aliphatic heterocycles. The minimum atomic E-state index is -0.790. The Hall–Kier alpha value is -1.74. The lowest BCUT2D eigenvalue weighted by atomic mass is 10.0. The van der Waals surface area contributed by atoms with Crippen molar-refractivity contribution in [3.63, 3.8) is 0 Å². The van der Waals surface area contributed by atoms with Crippen LogP contribution in [0.25, 0.3) is 0 Å². The number of imide groups is 2. The zero-order chi connectivity index (χ0) is 51.5. The standard InChI is InChI=1S/C27H55N3O5.C26H53N3O5.ClH.HI/c1-6-7-8-9-10-11-12-13-14-15-16-17-18-19-22-34-23-25(33-5)24-35-27(32)29-26(31)28-20-21-30(2,3)4;1-5-6-7-8-9-10-11-12-13-14-15-16-17-18-21-33-22-24(32-4)23-34-26(31)28-25(30)27-19-20-29(2)3;;/h25H,6-24H2,1-5H3,(H-,28,29,31,32);24H,5-23H2,1-4H3,(H2,27,28,30,31);2*1H. The number of nitrogens with zero attached hydrogens (tertiary/aromatic N) is 1. The number of hydrogen-bond acceptors (Lipinski definition) is 10. The number of amides is 6. The average molecular weight is 1150 g/mol. The fourth-order valence-electron chi connectivity index (χ4n) is 7.21. The van der Waals surface area contributed by atoms with E-state index in [4.69, 9.17) is 28.4 Å². The monoisotopic (exact) mass is 1150 g/mol. The number of ether oxygens (including phenoxy) is 6. The molecule has 16 nitrogen and oxygen atoms in total. The molecule has 0 rings (SSSR count). The summed E-state index contributed by atoms with van der Waals surface area (Å²) in [6, 6.07) is -1.12. The van der Waals surface area contributed by atoms with Gasteiger partial charge >= 0.3 is 24.2 Å². The Morgan fingerprint density at radius 1 is 0.465 bits per heavy atom. The molecule has 0 aromatic rings. The van der Waals surface area contributed by atoms with E-state index in [9.17, 15) is 19.2 Å². The molecule has 0 fully saturated rings. The van der Waals surface area contributed by atoms with E-state index >= 15 is 0 Å². The highest BCUT2D eigenvalue weighted by Gasteiger charge is 2.16. The van der Waals surface area contributed by atoms with Crippen molar-refractivity contribution in [2.45, 2.75) is 206 Å². The van der Waals surface area contributed by atoms with Gasteiger partial charge in [0.25, 0.3) is 0 Å². The van der Waals surface area contributed by atoms with Gasteiger partial charge in [0.2, 0.25) is 0 Å². The summed E-state index contributed by atoms with van der Waals surface area (Å²) in [5.74, 6) is 0. The van der Waals surface area contributed by atoms with Gasteiger partial charge in [-0.25, -0.2) is 29.8 Å². The smallest absolute Gasteiger partial charge is 0.415 e. The van der Waals surface area contributed by atoms with Crippen molar-refractivity contribution in [3.8, 4) is 0 Å². The van der Waals surface area contributed by atoms with Crippen LogP contribution in [0.1, 0.15) is 194 Å². The molecule has 6 amide bonds. The number of quaternary nitrogens is 2. The summed E-state index contributed by atoms with van der Waals surface area (Å²) in [5, 5.41) is 9.53. The van der Waals surface area contributed by atoms with Crippen molar-refractivity contribution in [2.24, 2.45) is 0 Å². The first-order valence-electron chi connectivity index (χ1n) is 27.5. The Bertz CT molecular complexity index is 1180. The van der Waals surface area contributed by atoms with Gasteiger partial charge in [-0.2, -0.15) is 0 Å². The number of carbonyl (C=O) groups excluding carboxylic acids is 4. The van der Waals surface area contributed by atoms with Crippen LogP contribution in [0.15, 0.2) is 0 Å². The molecule has 426 valence electrons. The number of carbonyl (C=O) groups is 4. The fourth-order valence-corrected chi connectivity index (χ4v) is 7.21. The normalized spacial score (nSPS) is 11.9. The maximum absolute atomic E-state index is 11.8. The molecular weight excluding hydrogens is 1040 g/mol. The minimum absolute atomic E-state index is 0. The van der Waals surface area contributed by atoms with Gasteiger partial charge in [0.15, 0.2) is 0 Å². The Morgan fingerprint density at radius 3 is 1.04 bits per heavy atom. The first-order valence-corrected chi connectivity index (χ1v) is 27.5. The second-order valence-corrected chi connectivity index (χ2v) is 20.0. The molecule has 71 heavy (non-hydrogen) atoms. The molecule has 0 saturated carbocycles. The van der Waals surface area contributed by atoms with Crippen LogP contribution in [0.2, 0.25) is 0 Å². The molecule has 2 unspecified atom stereocenters. The van der Waals surface area contributed by atoms with E-state index in [2.05, 4.69) is 35.1 Å². The number of urea groups is 2. The van der Waals surface area contributed by atoms with E-state index in [0.717, 1.165) is 30.4 Å². The minimum Gasteiger partial charge on any atom is -1.00 e. The quantitative estimate of drug-likeness (QED) is 0.0344. The molecule has 5 N–H and O–H groups in total. The Labute approximate surface area is 457 Å². The first kappa shape index (κ1) is 75.8. The summed E-state index contributed by atoms with van der Waals surface area (Å²) in [5.41, 5.74) is 0. The van der Waals surface area contributed by atoms with Crippen LogP contribution in [0, 0.1) is 0 Å². The van der Waals surface area contributed by atoms with E-state index in [-0.39, 0.29) is 61.8 Å². The van der Waals surface area contributed by atoms with Gasteiger partial charge in [-0.1, -0.05) is 181 Å². The van der Waals surface area contributed by atoms with Crippen LogP contribution in [-0.4, -0.2) is 156 Å². The summed E-state index contributed by atoms with van der Waals surface area (Å²) >= 11 is 0. The van der Waals surface area contributed by atoms with Gasteiger partial charge < -0.3 is 84.8 Å². The number of hydrogen-bond donors (Lipinski definition) is 5. The molecule has 0 aliphatic carbocycles. The third-order valence-electron chi connectivity index (χ3n) is 11.8. The van der Waals surface area contributed by atoms with Crippen molar-refractivity contribution in [2.75, 3.05) is 115 Å². The number of rotatable bonds is 46. The van der Waals surface area contributed by atoms with Gasteiger partial charge in [0, 0.05) is 27.4 Å². The van der Waals surface area contributed by atoms with Crippen LogP contribution in [0.4, 0.5) is 19.2 Å². The molecule has 0 bridgehead atoms. The van der Waals surface area contributed by atoms with E-state index in [1.54, 1.807) is 14.2 Å². The summed E-state index contributed by atoms with van der Waals surface area (Å²) in [4.78, 5) is 48.0. The molecule has 0 saturated heterocycles. The number of nitrogens with one attached hydrogen (secondary N) is 5. The topological polar surface area (TPSA) is 176 Å². The van der Waals surface area contributed by atoms with Crippen molar-refractivity contribution < 1.29 is 93.4 Å². The van der Waals surface area contributed by atoms with Crippen molar-refractivity contribution >= 4 is 24.2 Å². The summed E-state index contributed by atoms with van der Waals surface area (Å²) < 4.78 is 32.8. The fraction of sp³-hybridized carbons (Fsp3) is 0.925. The van der Waals surface area contributed by atoms with Crippen LogP contribution in [0.5, 0.6) is 0 Å². The summed E-state index contributed by atoms with van der Waals surface area (Å²) in [6.45, 7) is 9.16. The Balaban J connectivity index is -0.000000615. The van der Waals surface area contributed by atoms with E-state index in [1.165, 1.54) is 172 Å². The van der Waals surface area contributed by atoms with Gasteiger partial charge in [0.1, 0.15) is 25.4 Å². The zero-order valence-corrected chi connectivity index (χ0v) is 49.7. The maximum atomic E-state index is 11.8.